The van der Waals surface area contributed by atoms with Crippen molar-refractivity contribution in [1.29, 1.82) is 0 Å². The lowest BCUT2D eigenvalue weighted by atomic mass is 10.3. The maximum Gasteiger partial charge on any atom is 0.149 e. The number of halogens is 3. The van der Waals surface area contributed by atoms with Crippen LogP contribution in [0.5, 0.6) is 0 Å². The summed E-state index contributed by atoms with van der Waals surface area (Å²) in [6.07, 6.45) is 0. The average Bonchev–Trinajstić information content (AvgIpc) is 2.22. The Hall–Kier alpha value is -1.49. The molecule has 0 saturated carbocycles. The van der Waals surface area contributed by atoms with Gasteiger partial charge in [-0.2, -0.15) is 0 Å². The molecule has 2 nitrogen and oxygen atoms in total. The number of hydrogen-bond acceptors (Lipinski definition) is 2. The fourth-order valence-corrected chi connectivity index (χ4v) is 1.55. The molecule has 2 aromatic rings. The second kappa shape index (κ2) is 4.57. The molecule has 0 amide bonds. The van der Waals surface area contributed by atoms with Crippen LogP contribution < -0.4 is 5.32 Å². The summed E-state index contributed by atoms with van der Waals surface area (Å²) in [4.78, 5) is 4.08. The van der Waals surface area contributed by atoms with Crippen molar-refractivity contribution in [1.82, 2.24) is 4.98 Å². The van der Waals surface area contributed by atoms with E-state index in [9.17, 15) is 8.78 Å². The molecule has 0 aliphatic carbocycles. The molecule has 1 aromatic carbocycles. The van der Waals surface area contributed by atoms with Crippen LogP contribution in [0.15, 0.2) is 41.0 Å². The number of benzene rings is 1. The van der Waals surface area contributed by atoms with Gasteiger partial charge in [-0.05, 0) is 40.2 Å². The van der Waals surface area contributed by atoms with Crippen molar-refractivity contribution < 1.29 is 8.78 Å². The fourth-order valence-electron chi connectivity index (χ4n) is 1.21. The van der Waals surface area contributed by atoms with E-state index in [0.29, 0.717) is 10.4 Å². The Morgan fingerprint density at radius 1 is 1.12 bits per heavy atom. The SMILES string of the molecule is Fc1ccc(Nc2cccc(Br)n2)c(F)c1. The van der Waals surface area contributed by atoms with E-state index in [-0.39, 0.29) is 5.69 Å². The van der Waals surface area contributed by atoms with E-state index in [1.807, 2.05) is 0 Å². The zero-order chi connectivity index (χ0) is 11.5. The summed E-state index contributed by atoms with van der Waals surface area (Å²) in [5.74, 6) is -0.771. The van der Waals surface area contributed by atoms with Crippen LogP contribution in [0.2, 0.25) is 0 Å². The van der Waals surface area contributed by atoms with Crippen molar-refractivity contribution in [2.75, 3.05) is 5.32 Å². The van der Waals surface area contributed by atoms with Gasteiger partial charge >= 0.3 is 0 Å². The van der Waals surface area contributed by atoms with E-state index in [0.717, 1.165) is 6.07 Å². The Balaban J connectivity index is 2.27. The van der Waals surface area contributed by atoms with Crippen LogP contribution in [0, 0.1) is 11.6 Å². The van der Waals surface area contributed by atoms with Gasteiger partial charge in [-0.25, -0.2) is 13.8 Å². The van der Waals surface area contributed by atoms with Crippen LogP contribution in [0.4, 0.5) is 20.3 Å². The molecular weight excluding hydrogens is 278 g/mol. The number of pyridine rings is 1. The number of anilines is 2. The number of rotatable bonds is 2. The van der Waals surface area contributed by atoms with Gasteiger partial charge in [-0.1, -0.05) is 6.07 Å². The van der Waals surface area contributed by atoms with Gasteiger partial charge in [-0.15, -0.1) is 0 Å². The monoisotopic (exact) mass is 284 g/mol. The Labute approximate surface area is 99.5 Å². The van der Waals surface area contributed by atoms with Crippen LogP contribution >= 0.6 is 15.9 Å². The molecule has 1 aromatic heterocycles. The van der Waals surface area contributed by atoms with Crippen LogP contribution in [-0.2, 0) is 0 Å². The summed E-state index contributed by atoms with van der Waals surface area (Å²) in [5.41, 5.74) is 0.187. The number of nitrogens with one attached hydrogen (secondary N) is 1. The molecule has 1 heterocycles. The van der Waals surface area contributed by atoms with Gasteiger partial charge in [0.15, 0.2) is 0 Å². The van der Waals surface area contributed by atoms with Gasteiger partial charge in [0, 0.05) is 6.07 Å². The first-order valence-corrected chi connectivity index (χ1v) is 5.29. The van der Waals surface area contributed by atoms with E-state index >= 15 is 0 Å². The van der Waals surface area contributed by atoms with Crippen LogP contribution in [0.1, 0.15) is 0 Å². The second-order valence-electron chi connectivity index (χ2n) is 3.09. The normalized spacial score (nSPS) is 10.2. The van der Waals surface area contributed by atoms with E-state index in [2.05, 4.69) is 26.2 Å². The van der Waals surface area contributed by atoms with Crippen LogP contribution in [-0.4, -0.2) is 4.98 Å². The van der Waals surface area contributed by atoms with Gasteiger partial charge in [0.25, 0.3) is 0 Å². The molecule has 0 bridgehead atoms. The lowest BCUT2D eigenvalue weighted by molar-refractivity contribution is 0.586. The third-order valence-electron chi connectivity index (χ3n) is 1.91. The molecule has 82 valence electrons. The molecule has 0 unspecified atom stereocenters. The second-order valence-corrected chi connectivity index (χ2v) is 3.91. The quantitative estimate of drug-likeness (QED) is 0.847. The number of hydrogen-bond donors (Lipinski definition) is 1. The molecule has 0 saturated heterocycles. The van der Waals surface area contributed by atoms with Crippen molar-refractivity contribution in [3.05, 3.63) is 52.6 Å². The zero-order valence-corrected chi connectivity index (χ0v) is 9.63. The summed E-state index contributed by atoms with van der Waals surface area (Å²) in [6, 6.07) is 8.54. The molecule has 0 spiro atoms. The lowest BCUT2D eigenvalue weighted by Crippen LogP contribution is -1.96. The highest BCUT2D eigenvalue weighted by Gasteiger charge is 2.04. The Morgan fingerprint density at radius 2 is 1.94 bits per heavy atom. The minimum Gasteiger partial charge on any atom is -0.338 e. The molecule has 0 fully saturated rings. The predicted molar refractivity (Wildman–Crippen MR) is 61.6 cm³/mol. The van der Waals surface area contributed by atoms with Crippen molar-refractivity contribution in [2.24, 2.45) is 0 Å². The van der Waals surface area contributed by atoms with Gasteiger partial charge in [0.1, 0.15) is 22.1 Å². The number of aromatic nitrogens is 1. The molecular formula is C11H7BrF2N2. The van der Waals surface area contributed by atoms with Gasteiger partial charge < -0.3 is 5.32 Å². The third-order valence-corrected chi connectivity index (χ3v) is 2.35. The lowest BCUT2D eigenvalue weighted by Gasteiger charge is -2.06. The summed E-state index contributed by atoms with van der Waals surface area (Å²) < 4.78 is 26.6. The maximum atomic E-state index is 13.3. The fraction of sp³-hybridized carbons (Fsp3) is 0. The average molecular weight is 285 g/mol. The highest BCUT2D eigenvalue weighted by Crippen LogP contribution is 2.20. The zero-order valence-electron chi connectivity index (χ0n) is 8.05. The molecule has 0 radical (unpaired) electrons. The minimum atomic E-state index is -0.651. The summed E-state index contributed by atoms with van der Waals surface area (Å²) in [5, 5.41) is 2.76. The van der Waals surface area contributed by atoms with Crippen molar-refractivity contribution in [2.45, 2.75) is 0 Å². The molecule has 16 heavy (non-hydrogen) atoms. The smallest absolute Gasteiger partial charge is 0.149 e. The Bertz CT molecular complexity index is 517. The van der Waals surface area contributed by atoms with E-state index < -0.39 is 11.6 Å². The van der Waals surface area contributed by atoms with Gasteiger partial charge in [-0.3, -0.25) is 0 Å². The highest BCUT2D eigenvalue weighted by molar-refractivity contribution is 9.10. The Morgan fingerprint density at radius 3 is 2.62 bits per heavy atom. The first-order chi connectivity index (χ1) is 7.65. The third kappa shape index (κ3) is 2.55. The predicted octanol–water partition coefficient (Wildman–Crippen LogP) is 3.87. The van der Waals surface area contributed by atoms with Gasteiger partial charge in [0.05, 0.1) is 5.69 Å². The summed E-state index contributed by atoms with van der Waals surface area (Å²) in [6.45, 7) is 0. The largest absolute Gasteiger partial charge is 0.338 e. The maximum absolute atomic E-state index is 13.3. The number of nitrogens with zero attached hydrogens (tertiary/aromatic N) is 1. The molecule has 2 rings (SSSR count). The molecule has 0 aliphatic heterocycles. The first-order valence-electron chi connectivity index (χ1n) is 4.50. The minimum absolute atomic E-state index is 0.187. The topological polar surface area (TPSA) is 24.9 Å². The first kappa shape index (κ1) is 11.0. The summed E-state index contributed by atoms with van der Waals surface area (Å²) in [7, 11) is 0. The van der Waals surface area contributed by atoms with Crippen LogP contribution in [0.3, 0.4) is 0 Å². The highest BCUT2D eigenvalue weighted by atomic mass is 79.9. The van der Waals surface area contributed by atoms with Crippen molar-refractivity contribution in [3.8, 4) is 0 Å². The van der Waals surface area contributed by atoms with Crippen LogP contribution in [0.25, 0.3) is 0 Å². The molecule has 1 N–H and O–H groups in total. The van der Waals surface area contributed by atoms with E-state index in [4.69, 9.17) is 0 Å². The molecule has 0 atom stereocenters. The van der Waals surface area contributed by atoms with E-state index in [1.54, 1.807) is 18.2 Å². The van der Waals surface area contributed by atoms with Crippen molar-refractivity contribution >= 4 is 27.4 Å². The standard InChI is InChI=1S/C11H7BrF2N2/c12-10-2-1-3-11(16-10)15-9-5-4-7(13)6-8(9)14/h1-6H,(H,15,16). The van der Waals surface area contributed by atoms with E-state index in [1.165, 1.54) is 12.1 Å². The van der Waals surface area contributed by atoms with Gasteiger partial charge in [0.2, 0.25) is 0 Å². The Kier molecular flexibility index (Phi) is 3.14. The molecule has 5 heteroatoms. The molecule has 0 aliphatic rings. The summed E-state index contributed by atoms with van der Waals surface area (Å²) >= 11 is 3.20. The van der Waals surface area contributed by atoms with Crippen molar-refractivity contribution in [3.63, 3.8) is 0 Å².